The number of nitrogens with one attached hydrogen (secondary N) is 1. The van der Waals surface area contributed by atoms with Crippen LogP contribution in [0.1, 0.15) is 50.3 Å². The van der Waals surface area contributed by atoms with Crippen LogP contribution in [0.25, 0.3) is 0 Å². The number of nitrogens with two attached hydrogens (primary N) is 1. The average molecular weight is 413 g/mol. The SMILES string of the molecule is CC(Cc1cccc(C(CN)C(=O)OC(C)(C)C)c1)NC(=O)OCc1ccccc1. The van der Waals surface area contributed by atoms with Crippen LogP contribution in [0.5, 0.6) is 0 Å². The van der Waals surface area contributed by atoms with Crippen LogP contribution in [0.15, 0.2) is 54.6 Å². The summed E-state index contributed by atoms with van der Waals surface area (Å²) in [4.78, 5) is 24.5. The Bertz CT molecular complexity index is 831. The second kappa shape index (κ2) is 10.8. The van der Waals surface area contributed by atoms with Crippen molar-refractivity contribution in [3.63, 3.8) is 0 Å². The van der Waals surface area contributed by atoms with Gasteiger partial charge in [-0.15, -0.1) is 0 Å². The van der Waals surface area contributed by atoms with E-state index in [0.29, 0.717) is 6.42 Å². The highest BCUT2D eigenvalue weighted by Crippen LogP contribution is 2.21. The number of amides is 1. The molecule has 1 amide bonds. The van der Waals surface area contributed by atoms with Crippen LogP contribution in [0.4, 0.5) is 4.79 Å². The fourth-order valence-electron chi connectivity index (χ4n) is 3.05. The molecule has 0 aliphatic carbocycles. The van der Waals surface area contributed by atoms with Crippen molar-refractivity contribution in [3.05, 3.63) is 71.3 Å². The Hall–Kier alpha value is -2.86. The van der Waals surface area contributed by atoms with Crippen LogP contribution < -0.4 is 11.1 Å². The molecule has 0 heterocycles. The standard InChI is InChI=1S/C24H32N2O4/c1-17(26-23(28)29-16-18-9-6-5-7-10-18)13-19-11-8-12-20(14-19)21(15-25)22(27)30-24(2,3)4/h5-12,14,17,21H,13,15-16,25H2,1-4H3,(H,26,28). The van der Waals surface area contributed by atoms with Gasteiger partial charge in [0.1, 0.15) is 12.2 Å². The highest BCUT2D eigenvalue weighted by molar-refractivity contribution is 5.79. The van der Waals surface area contributed by atoms with Crippen LogP contribution in [0, 0.1) is 0 Å². The number of ether oxygens (including phenoxy) is 2. The van der Waals surface area contributed by atoms with Gasteiger partial charge in [-0.25, -0.2) is 4.79 Å². The number of rotatable bonds is 8. The quantitative estimate of drug-likeness (QED) is 0.641. The molecule has 162 valence electrons. The second-order valence-corrected chi connectivity index (χ2v) is 8.38. The minimum Gasteiger partial charge on any atom is -0.459 e. The maximum absolute atomic E-state index is 12.5. The fraction of sp³-hybridized carbons (Fsp3) is 0.417. The number of alkyl carbamates (subject to hydrolysis) is 1. The number of hydrogen-bond donors (Lipinski definition) is 2. The highest BCUT2D eigenvalue weighted by Gasteiger charge is 2.25. The second-order valence-electron chi connectivity index (χ2n) is 8.38. The van der Waals surface area contributed by atoms with E-state index < -0.39 is 17.6 Å². The molecule has 0 aromatic heterocycles. The molecule has 0 aliphatic rings. The van der Waals surface area contributed by atoms with Gasteiger partial charge in [-0.3, -0.25) is 4.79 Å². The van der Waals surface area contributed by atoms with E-state index in [-0.39, 0.29) is 25.2 Å². The van der Waals surface area contributed by atoms with E-state index >= 15 is 0 Å². The molecule has 2 atom stereocenters. The Labute approximate surface area is 178 Å². The highest BCUT2D eigenvalue weighted by atomic mass is 16.6. The number of carbonyl (C=O) groups is 2. The molecule has 6 heteroatoms. The van der Waals surface area contributed by atoms with Crippen molar-refractivity contribution in [1.82, 2.24) is 5.32 Å². The van der Waals surface area contributed by atoms with Crippen LogP contribution in [-0.4, -0.2) is 30.3 Å². The molecule has 2 rings (SSSR count). The maximum Gasteiger partial charge on any atom is 0.407 e. The van der Waals surface area contributed by atoms with Gasteiger partial charge in [0, 0.05) is 12.6 Å². The van der Waals surface area contributed by atoms with Crippen molar-refractivity contribution in [1.29, 1.82) is 0 Å². The molecule has 0 spiro atoms. The first-order chi connectivity index (χ1) is 14.2. The molecule has 0 saturated carbocycles. The van der Waals surface area contributed by atoms with Gasteiger partial charge in [-0.1, -0.05) is 54.6 Å². The summed E-state index contributed by atoms with van der Waals surface area (Å²) in [5.41, 5.74) is 8.01. The van der Waals surface area contributed by atoms with Gasteiger partial charge < -0.3 is 20.5 Å². The third kappa shape index (κ3) is 7.87. The fourth-order valence-corrected chi connectivity index (χ4v) is 3.05. The van der Waals surface area contributed by atoms with Gasteiger partial charge in [0.2, 0.25) is 0 Å². The molecule has 0 radical (unpaired) electrons. The third-order valence-corrected chi connectivity index (χ3v) is 4.40. The first-order valence-electron chi connectivity index (χ1n) is 10.2. The normalized spacial score (nSPS) is 13.2. The predicted molar refractivity (Wildman–Crippen MR) is 117 cm³/mol. The van der Waals surface area contributed by atoms with Crippen molar-refractivity contribution in [2.24, 2.45) is 5.73 Å². The molecule has 2 aromatic carbocycles. The van der Waals surface area contributed by atoms with Crippen molar-refractivity contribution >= 4 is 12.1 Å². The Balaban J connectivity index is 1.93. The minimum absolute atomic E-state index is 0.138. The smallest absolute Gasteiger partial charge is 0.407 e. The van der Waals surface area contributed by atoms with Crippen molar-refractivity contribution < 1.29 is 19.1 Å². The van der Waals surface area contributed by atoms with Gasteiger partial charge in [0.05, 0.1) is 5.92 Å². The van der Waals surface area contributed by atoms with Crippen molar-refractivity contribution in [2.75, 3.05) is 6.54 Å². The summed E-state index contributed by atoms with van der Waals surface area (Å²) in [5, 5.41) is 2.84. The van der Waals surface area contributed by atoms with Gasteiger partial charge in [-0.2, -0.15) is 0 Å². The predicted octanol–water partition coefficient (Wildman–Crippen LogP) is 3.93. The maximum atomic E-state index is 12.5. The van der Waals surface area contributed by atoms with Crippen LogP contribution in [0.3, 0.4) is 0 Å². The van der Waals surface area contributed by atoms with E-state index in [2.05, 4.69) is 5.32 Å². The lowest BCUT2D eigenvalue weighted by atomic mass is 9.95. The topological polar surface area (TPSA) is 90.7 Å². The molecule has 0 bridgehead atoms. The summed E-state index contributed by atoms with van der Waals surface area (Å²) in [6, 6.07) is 17.0. The lowest BCUT2D eigenvalue weighted by Crippen LogP contribution is -2.34. The van der Waals surface area contributed by atoms with E-state index in [1.165, 1.54) is 0 Å². The molecule has 0 aliphatic heterocycles. The van der Waals surface area contributed by atoms with Crippen LogP contribution in [-0.2, 0) is 27.3 Å². The summed E-state index contributed by atoms with van der Waals surface area (Å²) in [7, 11) is 0. The molecule has 0 saturated heterocycles. The van der Waals surface area contributed by atoms with Gasteiger partial charge >= 0.3 is 12.1 Å². The first-order valence-corrected chi connectivity index (χ1v) is 10.2. The third-order valence-electron chi connectivity index (χ3n) is 4.40. The van der Waals surface area contributed by atoms with Gasteiger partial charge in [-0.05, 0) is 50.8 Å². The lowest BCUT2D eigenvalue weighted by molar-refractivity contribution is -0.156. The number of carbonyl (C=O) groups excluding carboxylic acids is 2. The Morgan fingerprint density at radius 3 is 2.33 bits per heavy atom. The molecular formula is C24H32N2O4. The van der Waals surface area contributed by atoms with E-state index in [1.807, 2.05) is 82.3 Å². The molecular weight excluding hydrogens is 380 g/mol. The van der Waals surface area contributed by atoms with E-state index in [1.54, 1.807) is 0 Å². The van der Waals surface area contributed by atoms with Crippen LogP contribution in [0.2, 0.25) is 0 Å². The summed E-state index contributed by atoms with van der Waals surface area (Å²) in [6.07, 6.45) is 0.135. The molecule has 0 fully saturated rings. The monoisotopic (exact) mass is 412 g/mol. The number of esters is 1. The Morgan fingerprint density at radius 1 is 1.03 bits per heavy atom. The zero-order valence-electron chi connectivity index (χ0n) is 18.2. The Morgan fingerprint density at radius 2 is 1.70 bits per heavy atom. The molecule has 6 nitrogen and oxygen atoms in total. The molecule has 2 unspecified atom stereocenters. The molecule has 30 heavy (non-hydrogen) atoms. The van der Waals surface area contributed by atoms with Crippen molar-refractivity contribution in [2.45, 2.75) is 58.3 Å². The summed E-state index contributed by atoms with van der Waals surface area (Å²) >= 11 is 0. The largest absolute Gasteiger partial charge is 0.459 e. The minimum atomic E-state index is -0.569. The summed E-state index contributed by atoms with van der Waals surface area (Å²) < 4.78 is 10.8. The average Bonchev–Trinajstić information content (AvgIpc) is 2.66. The van der Waals surface area contributed by atoms with Gasteiger partial charge in [0.25, 0.3) is 0 Å². The zero-order valence-corrected chi connectivity index (χ0v) is 18.2. The van der Waals surface area contributed by atoms with E-state index in [0.717, 1.165) is 16.7 Å². The summed E-state index contributed by atoms with van der Waals surface area (Å²) in [5.74, 6) is -0.860. The number of benzene rings is 2. The molecule has 2 aromatic rings. The number of hydrogen-bond acceptors (Lipinski definition) is 5. The van der Waals surface area contributed by atoms with Crippen molar-refractivity contribution in [3.8, 4) is 0 Å². The Kier molecular flexibility index (Phi) is 8.42. The zero-order chi connectivity index (χ0) is 22.1. The van der Waals surface area contributed by atoms with E-state index in [4.69, 9.17) is 15.2 Å². The first kappa shape index (κ1) is 23.4. The molecule has 3 N–H and O–H groups in total. The summed E-state index contributed by atoms with van der Waals surface area (Å²) in [6.45, 7) is 7.79. The van der Waals surface area contributed by atoms with E-state index in [9.17, 15) is 9.59 Å². The van der Waals surface area contributed by atoms with Gasteiger partial charge in [0.15, 0.2) is 0 Å². The van der Waals surface area contributed by atoms with Crippen LogP contribution >= 0.6 is 0 Å². The lowest BCUT2D eigenvalue weighted by Gasteiger charge is -2.24.